The van der Waals surface area contributed by atoms with Crippen LogP contribution in [0.2, 0.25) is 0 Å². The molecule has 0 amide bonds. The van der Waals surface area contributed by atoms with E-state index in [2.05, 4.69) is 29.2 Å². The SMILES string of the molecule is CC(N)(O)C1CCN(Cc2ccccc2)CC1. The van der Waals surface area contributed by atoms with E-state index >= 15 is 0 Å². The highest BCUT2D eigenvalue weighted by atomic mass is 16.3. The zero-order chi connectivity index (χ0) is 12.3. The molecule has 3 N–H and O–H groups in total. The van der Waals surface area contributed by atoms with E-state index in [-0.39, 0.29) is 5.92 Å². The lowest BCUT2D eigenvalue weighted by Gasteiger charge is -2.37. The van der Waals surface area contributed by atoms with E-state index in [0.29, 0.717) is 0 Å². The highest BCUT2D eigenvalue weighted by Gasteiger charge is 2.30. The molecule has 1 atom stereocenters. The van der Waals surface area contributed by atoms with E-state index in [4.69, 9.17) is 5.73 Å². The third-order valence-electron chi connectivity index (χ3n) is 3.66. The molecule has 3 nitrogen and oxygen atoms in total. The topological polar surface area (TPSA) is 49.5 Å². The van der Waals surface area contributed by atoms with Crippen molar-refractivity contribution in [2.24, 2.45) is 11.7 Å². The Hall–Kier alpha value is -0.900. The minimum atomic E-state index is -1.02. The van der Waals surface area contributed by atoms with Gasteiger partial charge in [-0.05, 0) is 38.4 Å². The fourth-order valence-electron chi connectivity index (χ4n) is 2.52. The monoisotopic (exact) mass is 234 g/mol. The summed E-state index contributed by atoms with van der Waals surface area (Å²) in [7, 11) is 0. The van der Waals surface area contributed by atoms with Crippen molar-refractivity contribution in [1.82, 2.24) is 4.90 Å². The molecular formula is C14H22N2O. The molecule has 0 aliphatic carbocycles. The van der Waals surface area contributed by atoms with Crippen molar-refractivity contribution in [2.75, 3.05) is 13.1 Å². The molecule has 2 rings (SSSR count). The van der Waals surface area contributed by atoms with Gasteiger partial charge in [-0.1, -0.05) is 30.3 Å². The summed E-state index contributed by atoms with van der Waals surface area (Å²) in [6.07, 6.45) is 1.96. The number of hydrogen-bond donors (Lipinski definition) is 2. The molecular weight excluding hydrogens is 212 g/mol. The van der Waals surface area contributed by atoms with Gasteiger partial charge in [0, 0.05) is 12.5 Å². The maximum absolute atomic E-state index is 9.78. The Labute approximate surface area is 103 Å². The highest BCUT2D eigenvalue weighted by Crippen LogP contribution is 2.25. The van der Waals surface area contributed by atoms with Gasteiger partial charge in [-0.3, -0.25) is 4.90 Å². The summed E-state index contributed by atoms with van der Waals surface area (Å²) in [6.45, 7) is 4.75. The summed E-state index contributed by atoms with van der Waals surface area (Å²) in [5.74, 6) is 0.231. The van der Waals surface area contributed by atoms with Crippen molar-refractivity contribution in [2.45, 2.75) is 32.0 Å². The first-order chi connectivity index (χ1) is 8.05. The number of aliphatic hydroxyl groups is 1. The van der Waals surface area contributed by atoms with Gasteiger partial charge in [0.1, 0.15) is 5.72 Å². The first kappa shape index (κ1) is 12.6. The van der Waals surface area contributed by atoms with Crippen LogP contribution in [0, 0.1) is 5.92 Å². The van der Waals surface area contributed by atoms with Crippen LogP contribution in [-0.4, -0.2) is 28.8 Å². The Morgan fingerprint density at radius 3 is 2.41 bits per heavy atom. The zero-order valence-corrected chi connectivity index (χ0v) is 10.5. The molecule has 1 unspecified atom stereocenters. The third-order valence-corrected chi connectivity index (χ3v) is 3.66. The average Bonchev–Trinajstić information content (AvgIpc) is 2.30. The minimum absolute atomic E-state index is 0.231. The molecule has 1 fully saturated rings. The van der Waals surface area contributed by atoms with Gasteiger partial charge in [-0.15, -0.1) is 0 Å². The van der Waals surface area contributed by atoms with Crippen molar-refractivity contribution >= 4 is 0 Å². The van der Waals surface area contributed by atoms with Crippen LogP contribution in [0.15, 0.2) is 30.3 Å². The predicted molar refractivity (Wildman–Crippen MR) is 69.3 cm³/mol. The highest BCUT2D eigenvalue weighted by molar-refractivity contribution is 5.14. The molecule has 0 saturated carbocycles. The summed E-state index contributed by atoms with van der Waals surface area (Å²) < 4.78 is 0. The first-order valence-electron chi connectivity index (χ1n) is 6.33. The number of benzene rings is 1. The Balaban J connectivity index is 1.84. The molecule has 0 aromatic heterocycles. The van der Waals surface area contributed by atoms with Gasteiger partial charge in [0.2, 0.25) is 0 Å². The van der Waals surface area contributed by atoms with Crippen LogP contribution >= 0.6 is 0 Å². The molecule has 0 spiro atoms. The summed E-state index contributed by atoms with van der Waals surface area (Å²) in [4.78, 5) is 2.43. The number of piperidine rings is 1. The molecule has 94 valence electrons. The zero-order valence-electron chi connectivity index (χ0n) is 10.5. The third kappa shape index (κ3) is 3.53. The quantitative estimate of drug-likeness (QED) is 0.780. The van der Waals surface area contributed by atoms with Crippen LogP contribution in [0.25, 0.3) is 0 Å². The standard InChI is InChI=1S/C14H22N2O/c1-14(15,17)13-7-9-16(10-8-13)11-12-5-3-2-4-6-12/h2-6,13,17H,7-11,15H2,1H3. The van der Waals surface area contributed by atoms with Crippen LogP contribution in [0.4, 0.5) is 0 Å². The maximum Gasteiger partial charge on any atom is 0.113 e. The normalized spacial score (nSPS) is 22.3. The van der Waals surface area contributed by atoms with Gasteiger partial charge in [0.05, 0.1) is 0 Å². The largest absolute Gasteiger partial charge is 0.376 e. The molecule has 1 aliphatic heterocycles. The molecule has 1 aromatic rings. The molecule has 1 saturated heterocycles. The number of rotatable bonds is 3. The van der Waals surface area contributed by atoms with Crippen LogP contribution in [0.3, 0.4) is 0 Å². The second-order valence-corrected chi connectivity index (χ2v) is 5.26. The summed E-state index contributed by atoms with van der Waals surface area (Å²) >= 11 is 0. The summed E-state index contributed by atoms with van der Waals surface area (Å²) in [6, 6.07) is 10.5. The predicted octanol–water partition coefficient (Wildman–Crippen LogP) is 1.57. The van der Waals surface area contributed by atoms with Gasteiger partial charge in [-0.25, -0.2) is 0 Å². The lowest BCUT2D eigenvalue weighted by molar-refractivity contribution is -0.0237. The number of likely N-dealkylation sites (tertiary alicyclic amines) is 1. The molecule has 1 aliphatic rings. The van der Waals surface area contributed by atoms with Crippen LogP contribution < -0.4 is 5.73 Å². The molecule has 1 heterocycles. The fraction of sp³-hybridized carbons (Fsp3) is 0.571. The Morgan fingerprint density at radius 2 is 1.88 bits per heavy atom. The average molecular weight is 234 g/mol. The van der Waals surface area contributed by atoms with Gasteiger partial charge in [0.15, 0.2) is 0 Å². The maximum atomic E-state index is 9.78. The lowest BCUT2D eigenvalue weighted by atomic mass is 9.88. The van der Waals surface area contributed by atoms with Crippen molar-refractivity contribution in [3.8, 4) is 0 Å². The van der Waals surface area contributed by atoms with Crippen molar-refractivity contribution in [3.05, 3.63) is 35.9 Å². The minimum Gasteiger partial charge on any atom is -0.376 e. The van der Waals surface area contributed by atoms with Crippen LogP contribution in [0.5, 0.6) is 0 Å². The van der Waals surface area contributed by atoms with E-state index < -0.39 is 5.72 Å². The van der Waals surface area contributed by atoms with Gasteiger partial charge >= 0.3 is 0 Å². The molecule has 1 aromatic carbocycles. The molecule has 17 heavy (non-hydrogen) atoms. The van der Waals surface area contributed by atoms with Crippen LogP contribution in [0.1, 0.15) is 25.3 Å². The van der Waals surface area contributed by atoms with E-state index in [9.17, 15) is 5.11 Å². The smallest absolute Gasteiger partial charge is 0.113 e. The Morgan fingerprint density at radius 1 is 1.29 bits per heavy atom. The number of hydrogen-bond acceptors (Lipinski definition) is 3. The molecule has 3 heteroatoms. The summed E-state index contributed by atoms with van der Waals surface area (Å²) in [5.41, 5.74) is 6.08. The van der Waals surface area contributed by atoms with Crippen molar-refractivity contribution < 1.29 is 5.11 Å². The van der Waals surface area contributed by atoms with E-state index in [1.165, 1.54) is 5.56 Å². The second kappa shape index (κ2) is 5.17. The summed E-state index contributed by atoms with van der Waals surface area (Å²) in [5, 5.41) is 9.78. The van der Waals surface area contributed by atoms with Gasteiger partial charge in [0.25, 0.3) is 0 Å². The number of nitrogens with two attached hydrogens (primary N) is 1. The van der Waals surface area contributed by atoms with E-state index in [0.717, 1.165) is 32.5 Å². The van der Waals surface area contributed by atoms with Crippen LogP contribution in [-0.2, 0) is 6.54 Å². The number of nitrogens with zero attached hydrogens (tertiary/aromatic N) is 1. The molecule has 0 radical (unpaired) electrons. The van der Waals surface area contributed by atoms with E-state index in [1.54, 1.807) is 6.92 Å². The Kier molecular flexibility index (Phi) is 3.82. The van der Waals surface area contributed by atoms with Crippen molar-refractivity contribution in [1.29, 1.82) is 0 Å². The Bertz CT molecular complexity index is 337. The van der Waals surface area contributed by atoms with Gasteiger partial charge < -0.3 is 10.8 Å². The fourth-order valence-corrected chi connectivity index (χ4v) is 2.52. The van der Waals surface area contributed by atoms with E-state index in [1.807, 2.05) is 6.07 Å². The first-order valence-corrected chi connectivity index (χ1v) is 6.33. The molecule has 0 bridgehead atoms. The second-order valence-electron chi connectivity index (χ2n) is 5.26. The lowest BCUT2D eigenvalue weighted by Crippen LogP contribution is -2.48. The van der Waals surface area contributed by atoms with Gasteiger partial charge in [-0.2, -0.15) is 0 Å². The van der Waals surface area contributed by atoms with Crippen molar-refractivity contribution in [3.63, 3.8) is 0 Å².